The fraction of sp³-hybridized carbons (Fsp3) is 0.357. The van der Waals surface area contributed by atoms with Crippen LogP contribution in [0.4, 0.5) is 10.5 Å². The summed E-state index contributed by atoms with van der Waals surface area (Å²) in [5, 5.41) is 19.9. The maximum Gasteiger partial charge on any atom is 0.407 e. The molecular formula is C14H16N2O5. The molecule has 0 saturated carbocycles. The van der Waals surface area contributed by atoms with Crippen LogP contribution in [-0.2, 0) is 0 Å². The summed E-state index contributed by atoms with van der Waals surface area (Å²) >= 11 is 0. The molecule has 0 bridgehead atoms. The van der Waals surface area contributed by atoms with Gasteiger partial charge in [-0.15, -0.1) is 0 Å². The van der Waals surface area contributed by atoms with Crippen LogP contribution in [0.2, 0.25) is 0 Å². The molecule has 7 nitrogen and oxygen atoms in total. The Morgan fingerprint density at radius 3 is 2.62 bits per heavy atom. The van der Waals surface area contributed by atoms with Gasteiger partial charge in [0.1, 0.15) is 0 Å². The molecule has 7 heteroatoms. The van der Waals surface area contributed by atoms with Crippen LogP contribution in [0.25, 0.3) is 6.08 Å². The third-order valence-electron chi connectivity index (χ3n) is 3.45. The van der Waals surface area contributed by atoms with Crippen molar-refractivity contribution >= 4 is 17.9 Å². The fourth-order valence-electron chi connectivity index (χ4n) is 2.30. The van der Waals surface area contributed by atoms with E-state index in [0.29, 0.717) is 25.9 Å². The quantitative estimate of drug-likeness (QED) is 0.683. The molecule has 1 aliphatic rings. The number of piperidine rings is 1. The predicted octanol–water partition coefficient (Wildman–Crippen LogP) is 2.76. The highest BCUT2D eigenvalue weighted by atomic mass is 16.6. The van der Waals surface area contributed by atoms with Crippen LogP contribution >= 0.6 is 0 Å². The summed E-state index contributed by atoms with van der Waals surface area (Å²) in [5.74, 6) is 0.225. The normalized spacial score (nSPS) is 14.7. The van der Waals surface area contributed by atoms with E-state index in [2.05, 4.69) is 0 Å². The summed E-state index contributed by atoms with van der Waals surface area (Å²) < 4.78 is 4.96. The second-order valence-electron chi connectivity index (χ2n) is 4.76. The molecule has 0 spiro atoms. The minimum atomic E-state index is -0.908. The van der Waals surface area contributed by atoms with Gasteiger partial charge in [0, 0.05) is 19.2 Å². The van der Waals surface area contributed by atoms with Crippen molar-refractivity contribution in [3.63, 3.8) is 0 Å². The lowest BCUT2D eigenvalue weighted by Gasteiger charge is -2.25. The van der Waals surface area contributed by atoms with E-state index in [1.165, 1.54) is 18.1 Å². The van der Waals surface area contributed by atoms with Crippen molar-refractivity contribution in [2.24, 2.45) is 0 Å². The van der Waals surface area contributed by atoms with Gasteiger partial charge in [-0.2, -0.15) is 0 Å². The van der Waals surface area contributed by atoms with Crippen molar-refractivity contribution in [1.29, 1.82) is 0 Å². The van der Waals surface area contributed by atoms with Crippen LogP contribution in [0.5, 0.6) is 5.75 Å². The van der Waals surface area contributed by atoms with E-state index in [0.717, 1.165) is 11.1 Å². The smallest absolute Gasteiger partial charge is 0.407 e. The van der Waals surface area contributed by atoms with Crippen molar-refractivity contribution in [1.82, 2.24) is 4.90 Å². The fourth-order valence-corrected chi connectivity index (χ4v) is 2.30. The Morgan fingerprint density at radius 2 is 2.10 bits per heavy atom. The van der Waals surface area contributed by atoms with E-state index in [4.69, 9.17) is 9.84 Å². The van der Waals surface area contributed by atoms with Gasteiger partial charge in [0.05, 0.1) is 12.0 Å². The van der Waals surface area contributed by atoms with Crippen molar-refractivity contribution < 1.29 is 19.6 Å². The highest BCUT2D eigenvalue weighted by Gasteiger charge is 2.19. The van der Waals surface area contributed by atoms with Crippen LogP contribution in [0.1, 0.15) is 18.4 Å². The molecule has 0 radical (unpaired) electrons. The predicted molar refractivity (Wildman–Crippen MR) is 76.5 cm³/mol. The average Bonchev–Trinajstić information content (AvgIpc) is 2.47. The van der Waals surface area contributed by atoms with Gasteiger partial charge < -0.3 is 14.7 Å². The van der Waals surface area contributed by atoms with Crippen molar-refractivity contribution in [2.45, 2.75) is 12.8 Å². The highest BCUT2D eigenvalue weighted by Crippen LogP contribution is 2.29. The largest absolute Gasteiger partial charge is 0.490 e. The van der Waals surface area contributed by atoms with Crippen LogP contribution < -0.4 is 4.74 Å². The maximum atomic E-state index is 11.0. The number of amides is 1. The molecule has 1 aliphatic heterocycles. The van der Waals surface area contributed by atoms with Gasteiger partial charge in [0.25, 0.3) is 0 Å². The Labute approximate surface area is 121 Å². The van der Waals surface area contributed by atoms with Crippen LogP contribution in [0, 0.1) is 10.1 Å². The van der Waals surface area contributed by atoms with Gasteiger partial charge in [0.2, 0.25) is 0 Å². The van der Waals surface area contributed by atoms with Crippen LogP contribution in [0.3, 0.4) is 0 Å². The molecule has 1 aromatic rings. The van der Waals surface area contributed by atoms with Gasteiger partial charge >= 0.3 is 11.8 Å². The number of likely N-dealkylation sites (tertiary alicyclic amines) is 1. The molecule has 2 rings (SSSR count). The van der Waals surface area contributed by atoms with Crippen LogP contribution in [-0.4, -0.2) is 41.2 Å². The summed E-state index contributed by atoms with van der Waals surface area (Å²) in [4.78, 5) is 22.7. The number of hydrogen-bond acceptors (Lipinski definition) is 4. The summed E-state index contributed by atoms with van der Waals surface area (Å²) in [6.07, 6.45) is 2.26. The zero-order valence-corrected chi connectivity index (χ0v) is 11.6. The molecule has 0 aromatic heterocycles. The Balaban J connectivity index is 2.16. The third-order valence-corrected chi connectivity index (χ3v) is 3.45. The molecule has 0 unspecified atom stereocenters. The van der Waals surface area contributed by atoms with Crippen molar-refractivity contribution in [2.75, 3.05) is 20.2 Å². The molecule has 1 fully saturated rings. The number of carbonyl (C=O) groups is 1. The molecule has 1 heterocycles. The van der Waals surface area contributed by atoms with E-state index in [-0.39, 0.29) is 11.4 Å². The Bertz CT molecular complexity index is 587. The molecule has 1 aromatic carbocycles. The van der Waals surface area contributed by atoms with E-state index >= 15 is 0 Å². The van der Waals surface area contributed by atoms with E-state index in [9.17, 15) is 14.9 Å². The summed E-state index contributed by atoms with van der Waals surface area (Å²) in [5.41, 5.74) is 1.74. The molecule has 112 valence electrons. The molecule has 1 N–H and O–H groups in total. The number of rotatable bonds is 3. The number of ether oxygens (including phenoxy) is 1. The summed E-state index contributed by atoms with van der Waals surface area (Å²) in [7, 11) is 1.39. The number of nitro benzene ring substituents is 1. The third kappa shape index (κ3) is 3.50. The Hall–Kier alpha value is -2.57. The SMILES string of the molecule is COc1ccc(C=C2CCN(C(=O)O)CC2)cc1[N+](=O)[O-]. The maximum absolute atomic E-state index is 11.0. The number of hydrogen-bond donors (Lipinski definition) is 1. The Kier molecular flexibility index (Phi) is 4.42. The minimum absolute atomic E-state index is 0.0742. The first kappa shape index (κ1) is 14.8. The topological polar surface area (TPSA) is 92.9 Å². The lowest BCUT2D eigenvalue weighted by molar-refractivity contribution is -0.385. The molecule has 0 atom stereocenters. The summed E-state index contributed by atoms with van der Waals surface area (Å²) in [6, 6.07) is 4.79. The number of nitrogens with zero attached hydrogens (tertiary/aromatic N) is 2. The Morgan fingerprint density at radius 1 is 1.43 bits per heavy atom. The summed E-state index contributed by atoms with van der Waals surface area (Å²) in [6.45, 7) is 0.916. The zero-order valence-electron chi connectivity index (χ0n) is 11.6. The second-order valence-corrected chi connectivity index (χ2v) is 4.76. The van der Waals surface area contributed by atoms with Gasteiger partial charge in [0.15, 0.2) is 5.75 Å². The lowest BCUT2D eigenvalue weighted by atomic mass is 10.0. The van der Waals surface area contributed by atoms with Gasteiger partial charge in [-0.25, -0.2) is 4.79 Å². The van der Waals surface area contributed by atoms with Gasteiger partial charge in [-0.3, -0.25) is 10.1 Å². The molecular weight excluding hydrogens is 276 g/mol. The molecule has 1 amide bonds. The van der Waals surface area contributed by atoms with Gasteiger partial charge in [-0.1, -0.05) is 17.7 Å². The molecule has 21 heavy (non-hydrogen) atoms. The highest BCUT2D eigenvalue weighted by molar-refractivity contribution is 5.66. The van der Waals surface area contributed by atoms with Crippen molar-refractivity contribution in [3.05, 3.63) is 39.4 Å². The van der Waals surface area contributed by atoms with E-state index < -0.39 is 11.0 Å². The lowest BCUT2D eigenvalue weighted by Crippen LogP contribution is -2.35. The number of benzene rings is 1. The average molecular weight is 292 g/mol. The zero-order chi connectivity index (χ0) is 15.4. The van der Waals surface area contributed by atoms with E-state index in [1.807, 2.05) is 6.08 Å². The van der Waals surface area contributed by atoms with Crippen LogP contribution in [0.15, 0.2) is 23.8 Å². The first-order chi connectivity index (χ1) is 10.0. The number of carboxylic acid groups (broad SMARTS) is 1. The number of nitro groups is 1. The standard InChI is InChI=1S/C14H16N2O5/c1-21-13-3-2-11(9-12(13)16(19)20)8-10-4-6-15(7-5-10)14(17)18/h2-3,8-9H,4-7H2,1H3,(H,17,18). The number of methoxy groups -OCH3 is 1. The second kappa shape index (κ2) is 6.25. The minimum Gasteiger partial charge on any atom is -0.490 e. The van der Waals surface area contributed by atoms with Crippen molar-refractivity contribution in [3.8, 4) is 5.75 Å². The van der Waals surface area contributed by atoms with E-state index in [1.54, 1.807) is 12.1 Å². The van der Waals surface area contributed by atoms with Gasteiger partial charge in [-0.05, 0) is 24.5 Å². The molecule has 1 saturated heterocycles. The monoisotopic (exact) mass is 292 g/mol. The first-order valence-electron chi connectivity index (χ1n) is 6.51. The molecule has 0 aliphatic carbocycles. The first-order valence-corrected chi connectivity index (χ1v) is 6.51.